The molecular formula is C11H13ClFNO3. The molecule has 0 aromatic heterocycles. The van der Waals surface area contributed by atoms with E-state index in [2.05, 4.69) is 0 Å². The number of halogens is 2. The number of rotatable bonds is 5. The van der Waals surface area contributed by atoms with Crippen molar-refractivity contribution in [1.29, 1.82) is 0 Å². The number of aliphatic carboxylic acids is 1. The SMILES string of the molecule is COCc1cc(Cl)c(F)c(C(N)CC(=O)O)c1. The first-order chi connectivity index (χ1) is 7.95. The van der Waals surface area contributed by atoms with E-state index in [1.165, 1.54) is 19.2 Å². The van der Waals surface area contributed by atoms with Crippen molar-refractivity contribution in [2.24, 2.45) is 5.73 Å². The van der Waals surface area contributed by atoms with E-state index >= 15 is 0 Å². The lowest BCUT2D eigenvalue weighted by molar-refractivity contribution is -0.137. The molecule has 0 aliphatic heterocycles. The average Bonchev–Trinajstić information content (AvgIpc) is 2.22. The molecule has 0 fully saturated rings. The molecule has 94 valence electrons. The van der Waals surface area contributed by atoms with Crippen molar-refractivity contribution in [3.8, 4) is 0 Å². The summed E-state index contributed by atoms with van der Waals surface area (Å²) in [5.74, 6) is -1.77. The molecule has 6 heteroatoms. The largest absolute Gasteiger partial charge is 0.481 e. The molecule has 0 spiro atoms. The predicted octanol–water partition coefficient (Wildman–Crippen LogP) is 2.10. The van der Waals surface area contributed by atoms with Crippen LogP contribution in [0.1, 0.15) is 23.6 Å². The average molecular weight is 262 g/mol. The Kier molecular flexibility index (Phi) is 4.86. The summed E-state index contributed by atoms with van der Waals surface area (Å²) in [4.78, 5) is 10.5. The van der Waals surface area contributed by atoms with Gasteiger partial charge in [0.2, 0.25) is 0 Å². The number of ether oxygens (including phenoxy) is 1. The lowest BCUT2D eigenvalue weighted by Crippen LogP contribution is -2.17. The van der Waals surface area contributed by atoms with Crippen LogP contribution in [0.2, 0.25) is 5.02 Å². The van der Waals surface area contributed by atoms with Gasteiger partial charge >= 0.3 is 5.97 Å². The summed E-state index contributed by atoms with van der Waals surface area (Å²) in [6.45, 7) is 0.257. The van der Waals surface area contributed by atoms with Crippen LogP contribution < -0.4 is 5.73 Å². The van der Waals surface area contributed by atoms with Gasteiger partial charge in [0, 0.05) is 18.7 Å². The molecule has 0 heterocycles. The van der Waals surface area contributed by atoms with E-state index in [1.54, 1.807) is 0 Å². The second-order valence-electron chi connectivity index (χ2n) is 3.62. The Morgan fingerprint density at radius 1 is 1.65 bits per heavy atom. The van der Waals surface area contributed by atoms with Crippen molar-refractivity contribution in [3.63, 3.8) is 0 Å². The van der Waals surface area contributed by atoms with E-state index in [-0.39, 0.29) is 23.6 Å². The minimum Gasteiger partial charge on any atom is -0.481 e. The van der Waals surface area contributed by atoms with Crippen LogP contribution in [0.5, 0.6) is 0 Å². The van der Waals surface area contributed by atoms with Crippen LogP contribution in [0.15, 0.2) is 12.1 Å². The second-order valence-corrected chi connectivity index (χ2v) is 4.03. The number of carboxylic acid groups (broad SMARTS) is 1. The van der Waals surface area contributed by atoms with Crippen molar-refractivity contribution < 1.29 is 19.0 Å². The monoisotopic (exact) mass is 261 g/mol. The van der Waals surface area contributed by atoms with E-state index < -0.39 is 17.8 Å². The van der Waals surface area contributed by atoms with Crippen LogP contribution in [-0.4, -0.2) is 18.2 Å². The summed E-state index contributed by atoms with van der Waals surface area (Å²) in [5.41, 5.74) is 6.35. The molecule has 17 heavy (non-hydrogen) atoms. The lowest BCUT2D eigenvalue weighted by Gasteiger charge is -2.13. The molecule has 0 saturated carbocycles. The molecule has 0 aliphatic carbocycles. The molecule has 0 saturated heterocycles. The Morgan fingerprint density at radius 2 is 2.29 bits per heavy atom. The molecule has 0 radical (unpaired) electrons. The molecule has 1 rings (SSSR count). The van der Waals surface area contributed by atoms with Crippen molar-refractivity contribution >= 4 is 17.6 Å². The molecule has 4 nitrogen and oxygen atoms in total. The zero-order chi connectivity index (χ0) is 13.0. The van der Waals surface area contributed by atoms with Gasteiger partial charge in [-0.25, -0.2) is 4.39 Å². The maximum absolute atomic E-state index is 13.7. The molecule has 1 aromatic rings. The van der Waals surface area contributed by atoms with Crippen molar-refractivity contribution in [2.75, 3.05) is 7.11 Å². The van der Waals surface area contributed by atoms with Crippen LogP contribution in [0.4, 0.5) is 4.39 Å². The van der Waals surface area contributed by atoms with Gasteiger partial charge in [0.15, 0.2) is 0 Å². The Morgan fingerprint density at radius 3 is 2.82 bits per heavy atom. The number of benzene rings is 1. The molecule has 0 bridgehead atoms. The smallest absolute Gasteiger partial charge is 0.305 e. The third-order valence-electron chi connectivity index (χ3n) is 2.22. The zero-order valence-electron chi connectivity index (χ0n) is 9.24. The second kappa shape index (κ2) is 5.95. The minimum absolute atomic E-state index is 0.0876. The Labute approximate surface area is 103 Å². The fraction of sp³-hybridized carbons (Fsp3) is 0.364. The molecular weight excluding hydrogens is 249 g/mol. The van der Waals surface area contributed by atoms with E-state index in [4.69, 9.17) is 27.2 Å². The number of hydrogen-bond donors (Lipinski definition) is 2. The highest BCUT2D eigenvalue weighted by Crippen LogP contribution is 2.26. The van der Waals surface area contributed by atoms with Crippen LogP contribution >= 0.6 is 11.6 Å². The summed E-state index contributed by atoms with van der Waals surface area (Å²) >= 11 is 5.70. The zero-order valence-corrected chi connectivity index (χ0v) is 10.00. The van der Waals surface area contributed by atoms with E-state index in [1.807, 2.05) is 0 Å². The number of carbonyl (C=O) groups is 1. The van der Waals surface area contributed by atoms with Crippen LogP contribution in [0.25, 0.3) is 0 Å². The molecule has 0 amide bonds. The van der Waals surface area contributed by atoms with Gasteiger partial charge in [-0.2, -0.15) is 0 Å². The maximum Gasteiger partial charge on any atom is 0.305 e. The minimum atomic E-state index is -1.09. The van der Waals surface area contributed by atoms with Crippen LogP contribution in [-0.2, 0) is 16.1 Å². The molecule has 3 N–H and O–H groups in total. The Balaban J connectivity index is 3.08. The van der Waals surface area contributed by atoms with Gasteiger partial charge in [0.1, 0.15) is 5.82 Å². The first-order valence-corrected chi connectivity index (χ1v) is 5.27. The van der Waals surface area contributed by atoms with Gasteiger partial charge in [-0.3, -0.25) is 4.79 Å². The van der Waals surface area contributed by atoms with Gasteiger partial charge in [-0.15, -0.1) is 0 Å². The highest BCUT2D eigenvalue weighted by Gasteiger charge is 2.18. The van der Waals surface area contributed by atoms with E-state index in [0.717, 1.165) is 0 Å². The Hall–Kier alpha value is -1.17. The first kappa shape index (κ1) is 13.9. The molecule has 1 atom stereocenters. The fourth-order valence-corrected chi connectivity index (χ4v) is 1.74. The Bertz CT molecular complexity index is 425. The van der Waals surface area contributed by atoms with Crippen LogP contribution in [0.3, 0.4) is 0 Å². The van der Waals surface area contributed by atoms with Gasteiger partial charge < -0.3 is 15.6 Å². The van der Waals surface area contributed by atoms with Gasteiger partial charge in [0.25, 0.3) is 0 Å². The number of carboxylic acids is 1. The summed E-state index contributed by atoms with van der Waals surface area (Å²) in [5, 5.41) is 8.53. The van der Waals surface area contributed by atoms with Gasteiger partial charge in [-0.1, -0.05) is 11.6 Å². The quantitative estimate of drug-likeness (QED) is 0.851. The summed E-state index contributed by atoms with van der Waals surface area (Å²) in [6.07, 6.45) is -0.357. The third kappa shape index (κ3) is 3.66. The molecule has 0 aliphatic rings. The summed E-state index contributed by atoms with van der Waals surface area (Å²) in [7, 11) is 1.49. The highest BCUT2D eigenvalue weighted by atomic mass is 35.5. The fourth-order valence-electron chi connectivity index (χ4n) is 1.49. The van der Waals surface area contributed by atoms with Gasteiger partial charge in [-0.05, 0) is 17.7 Å². The third-order valence-corrected chi connectivity index (χ3v) is 2.50. The highest BCUT2D eigenvalue weighted by molar-refractivity contribution is 6.30. The lowest BCUT2D eigenvalue weighted by atomic mass is 10.0. The van der Waals surface area contributed by atoms with Crippen molar-refractivity contribution in [3.05, 3.63) is 34.1 Å². The van der Waals surface area contributed by atoms with Gasteiger partial charge in [0.05, 0.1) is 18.1 Å². The van der Waals surface area contributed by atoms with Crippen LogP contribution in [0, 0.1) is 5.82 Å². The normalized spacial score (nSPS) is 12.5. The number of hydrogen-bond acceptors (Lipinski definition) is 3. The van der Waals surface area contributed by atoms with Crippen molar-refractivity contribution in [1.82, 2.24) is 0 Å². The predicted molar refractivity (Wildman–Crippen MR) is 61.3 cm³/mol. The van der Waals surface area contributed by atoms with Crippen molar-refractivity contribution in [2.45, 2.75) is 19.1 Å². The number of nitrogens with two attached hydrogens (primary N) is 1. The summed E-state index contributed by atoms with van der Waals surface area (Å²) < 4.78 is 18.6. The summed E-state index contributed by atoms with van der Waals surface area (Å²) in [6, 6.07) is 1.97. The standard InChI is InChI=1S/C11H13ClFNO3/c1-17-5-6-2-7(9(14)4-10(15)16)11(13)8(12)3-6/h2-3,9H,4-5,14H2,1H3,(H,15,16). The first-order valence-electron chi connectivity index (χ1n) is 4.89. The molecule has 1 aromatic carbocycles. The maximum atomic E-state index is 13.7. The number of methoxy groups -OCH3 is 1. The molecule has 1 unspecified atom stereocenters. The van der Waals surface area contributed by atoms with E-state index in [9.17, 15) is 9.18 Å². The van der Waals surface area contributed by atoms with E-state index in [0.29, 0.717) is 5.56 Å². The topological polar surface area (TPSA) is 72.5 Å².